The van der Waals surface area contributed by atoms with Gasteiger partial charge in [-0.2, -0.15) is 0 Å². The van der Waals surface area contributed by atoms with Gasteiger partial charge in [0, 0.05) is 24.2 Å². The van der Waals surface area contributed by atoms with Crippen molar-refractivity contribution in [3.63, 3.8) is 0 Å². The van der Waals surface area contributed by atoms with Gasteiger partial charge in [0.2, 0.25) is 0 Å². The highest BCUT2D eigenvalue weighted by Crippen LogP contribution is 2.26. The normalized spacial score (nSPS) is 22.4. The number of hydrogen-bond acceptors (Lipinski definition) is 4. The minimum Gasteiger partial charge on any atom is -0.325 e. The minimum absolute atomic E-state index is 0.183. The van der Waals surface area contributed by atoms with Gasteiger partial charge in [-0.15, -0.1) is 0 Å². The molecule has 2 N–H and O–H groups in total. The van der Waals surface area contributed by atoms with Crippen molar-refractivity contribution in [1.29, 1.82) is 0 Å². The molecule has 1 unspecified atom stereocenters. The quantitative estimate of drug-likeness (QED) is 0.623. The average Bonchev–Trinajstić information content (AvgIpc) is 2.57. The fourth-order valence-corrected chi connectivity index (χ4v) is 2.09. The zero-order valence-electron chi connectivity index (χ0n) is 8.16. The van der Waals surface area contributed by atoms with E-state index in [1.807, 2.05) is 12.1 Å². The standard InChI is InChI=1S/C11H11N3O/c15-11-3-1-2-7-4-8-6-12-14-10(8)5-9(7)13-11/h1-3,5,8,12,14H,4,6H2. The SMILES string of the molecule is O=c1cccc2c(n1)C=C1NNCC1C2. The van der Waals surface area contributed by atoms with Crippen molar-refractivity contribution in [2.24, 2.45) is 5.92 Å². The third-order valence-electron chi connectivity index (χ3n) is 2.88. The van der Waals surface area contributed by atoms with Crippen LogP contribution >= 0.6 is 0 Å². The molecule has 1 aliphatic heterocycles. The summed E-state index contributed by atoms with van der Waals surface area (Å²) in [5.74, 6) is 0.497. The lowest BCUT2D eigenvalue weighted by atomic mass is 9.91. The van der Waals surface area contributed by atoms with Crippen LogP contribution in [0.1, 0.15) is 11.3 Å². The van der Waals surface area contributed by atoms with Gasteiger partial charge in [-0.1, -0.05) is 12.1 Å². The summed E-state index contributed by atoms with van der Waals surface area (Å²) in [4.78, 5) is 15.3. The lowest BCUT2D eigenvalue weighted by Gasteiger charge is -2.15. The van der Waals surface area contributed by atoms with Gasteiger partial charge in [0.25, 0.3) is 5.56 Å². The van der Waals surface area contributed by atoms with Gasteiger partial charge in [-0.3, -0.25) is 4.79 Å². The van der Waals surface area contributed by atoms with Crippen LogP contribution in [0.4, 0.5) is 0 Å². The molecule has 4 heteroatoms. The van der Waals surface area contributed by atoms with E-state index in [1.54, 1.807) is 6.07 Å². The van der Waals surface area contributed by atoms with Crippen molar-refractivity contribution < 1.29 is 0 Å². The topological polar surface area (TPSA) is 54.0 Å². The predicted octanol–water partition coefficient (Wildman–Crippen LogP) is 0.0628. The Labute approximate surface area is 87.0 Å². The molecular weight excluding hydrogens is 190 g/mol. The largest absolute Gasteiger partial charge is 0.325 e. The van der Waals surface area contributed by atoms with Crippen LogP contribution in [0.5, 0.6) is 0 Å². The fourth-order valence-electron chi connectivity index (χ4n) is 2.09. The molecule has 1 aliphatic carbocycles. The molecule has 0 saturated carbocycles. The fraction of sp³-hybridized carbons (Fsp3) is 0.273. The van der Waals surface area contributed by atoms with Crippen LogP contribution in [0.2, 0.25) is 0 Å². The molecule has 0 spiro atoms. The monoisotopic (exact) mass is 201 g/mol. The lowest BCUT2D eigenvalue weighted by molar-refractivity contribution is 0.638. The maximum atomic E-state index is 11.3. The van der Waals surface area contributed by atoms with E-state index in [4.69, 9.17) is 0 Å². The van der Waals surface area contributed by atoms with Crippen molar-refractivity contribution in [3.05, 3.63) is 45.5 Å². The highest BCUT2D eigenvalue weighted by molar-refractivity contribution is 5.56. The van der Waals surface area contributed by atoms with Crippen LogP contribution in [0, 0.1) is 5.92 Å². The zero-order valence-corrected chi connectivity index (χ0v) is 8.16. The van der Waals surface area contributed by atoms with Gasteiger partial charge in [0.15, 0.2) is 0 Å². The lowest BCUT2D eigenvalue weighted by Crippen LogP contribution is -2.20. The van der Waals surface area contributed by atoms with Gasteiger partial charge < -0.3 is 5.43 Å². The van der Waals surface area contributed by atoms with E-state index in [2.05, 4.69) is 15.8 Å². The molecule has 0 amide bonds. The first kappa shape index (κ1) is 8.61. The van der Waals surface area contributed by atoms with Crippen LogP contribution in [0.3, 0.4) is 0 Å². The summed E-state index contributed by atoms with van der Waals surface area (Å²) in [6.07, 6.45) is 2.91. The Hall–Kier alpha value is -1.68. The number of rotatable bonds is 0. The Morgan fingerprint density at radius 2 is 2.33 bits per heavy atom. The first-order valence-electron chi connectivity index (χ1n) is 5.03. The smallest absolute Gasteiger partial charge is 0.270 e. The summed E-state index contributed by atoms with van der Waals surface area (Å²) >= 11 is 0. The molecule has 76 valence electrons. The molecule has 0 radical (unpaired) electrons. The van der Waals surface area contributed by atoms with Crippen molar-refractivity contribution in [2.45, 2.75) is 6.42 Å². The third kappa shape index (κ3) is 1.43. The highest BCUT2D eigenvalue weighted by atomic mass is 16.1. The molecule has 0 aromatic carbocycles. The van der Waals surface area contributed by atoms with Crippen LogP contribution in [-0.2, 0) is 6.42 Å². The number of fused-ring (bicyclic) bond motifs is 2. The molecule has 2 heterocycles. The number of nitrogens with one attached hydrogen (secondary N) is 2. The van der Waals surface area contributed by atoms with Crippen molar-refractivity contribution >= 4 is 6.08 Å². The summed E-state index contributed by atoms with van der Waals surface area (Å²) in [6.45, 7) is 0.939. The predicted molar refractivity (Wildman–Crippen MR) is 56.8 cm³/mol. The first-order chi connectivity index (χ1) is 7.33. The Kier molecular flexibility index (Phi) is 1.82. The summed E-state index contributed by atoms with van der Waals surface area (Å²) in [5.41, 5.74) is 9.10. The highest BCUT2D eigenvalue weighted by Gasteiger charge is 2.25. The Morgan fingerprint density at radius 3 is 3.27 bits per heavy atom. The van der Waals surface area contributed by atoms with Crippen molar-refractivity contribution in [1.82, 2.24) is 15.8 Å². The number of nitrogens with zero attached hydrogens (tertiary/aromatic N) is 1. The molecule has 15 heavy (non-hydrogen) atoms. The zero-order chi connectivity index (χ0) is 10.3. The van der Waals surface area contributed by atoms with Gasteiger partial charge in [-0.05, 0) is 18.1 Å². The molecule has 1 fully saturated rings. The van der Waals surface area contributed by atoms with Gasteiger partial charge in [0.1, 0.15) is 0 Å². The van der Waals surface area contributed by atoms with Gasteiger partial charge in [0.05, 0.1) is 5.69 Å². The maximum absolute atomic E-state index is 11.3. The Balaban J connectivity index is 2.18. The molecule has 1 aromatic heterocycles. The van der Waals surface area contributed by atoms with E-state index in [0.29, 0.717) is 5.92 Å². The first-order valence-corrected chi connectivity index (χ1v) is 5.03. The van der Waals surface area contributed by atoms with Crippen LogP contribution in [-0.4, -0.2) is 11.5 Å². The molecule has 1 saturated heterocycles. The second-order valence-corrected chi connectivity index (χ2v) is 3.89. The van der Waals surface area contributed by atoms with E-state index < -0.39 is 0 Å². The maximum Gasteiger partial charge on any atom is 0.270 e. The molecule has 1 aromatic rings. The molecule has 2 aliphatic rings. The molecule has 4 nitrogen and oxygen atoms in total. The van der Waals surface area contributed by atoms with E-state index in [-0.39, 0.29) is 5.56 Å². The Morgan fingerprint density at radius 1 is 1.40 bits per heavy atom. The molecular formula is C11H11N3O. The molecule has 0 bridgehead atoms. The summed E-state index contributed by atoms with van der Waals surface area (Å²) < 4.78 is 0. The second kappa shape index (κ2) is 3.17. The number of hydrogen-bond donors (Lipinski definition) is 2. The van der Waals surface area contributed by atoms with E-state index in [0.717, 1.165) is 29.9 Å². The molecule has 3 rings (SSSR count). The summed E-state index contributed by atoms with van der Waals surface area (Å²) in [7, 11) is 0. The van der Waals surface area contributed by atoms with E-state index in [9.17, 15) is 4.79 Å². The molecule has 1 atom stereocenters. The van der Waals surface area contributed by atoms with Gasteiger partial charge in [-0.25, -0.2) is 10.4 Å². The van der Waals surface area contributed by atoms with Crippen LogP contribution in [0.15, 0.2) is 28.7 Å². The van der Waals surface area contributed by atoms with E-state index in [1.165, 1.54) is 6.07 Å². The average molecular weight is 201 g/mol. The summed E-state index contributed by atoms with van der Waals surface area (Å²) in [5, 5.41) is 0. The number of hydrazine groups is 1. The third-order valence-corrected chi connectivity index (χ3v) is 2.88. The van der Waals surface area contributed by atoms with Crippen LogP contribution in [0.25, 0.3) is 6.08 Å². The number of aromatic nitrogens is 1. The minimum atomic E-state index is -0.183. The van der Waals surface area contributed by atoms with E-state index >= 15 is 0 Å². The van der Waals surface area contributed by atoms with Crippen molar-refractivity contribution in [2.75, 3.05) is 6.54 Å². The summed E-state index contributed by atoms with van der Waals surface area (Å²) in [6, 6.07) is 5.26. The van der Waals surface area contributed by atoms with Crippen molar-refractivity contribution in [3.8, 4) is 0 Å². The second-order valence-electron chi connectivity index (χ2n) is 3.89. The van der Waals surface area contributed by atoms with Crippen LogP contribution < -0.4 is 16.4 Å². The Bertz CT molecular complexity index is 495. The van der Waals surface area contributed by atoms with Gasteiger partial charge >= 0.3 is 0 Å².